The van der Waals surface area contributed by atoms with Gasteiger partial charge in [-0.25, -0.2) is 0 Å². The molecule has 0 aromatic heterocycles. The Bertz CT molecular complexity index is 459. The molecule has 0 saturated carbocycles. The third-order valence-corrected chi connectivity index (χ3v) is 5.88. The van der Waals surface area contributed by atoms with Crippen LogP contribution < -0.4 is 0 Å². The molecule has 0 amide bonds. The second-order valence-electron chi connectivity index (χ2n) is 8.47. The van der Waals surface area contributed by atoms with Crippen LogP contribution in [-0.4, -0.2) is 30.8 Å². The lowest BCUT2D eigenvalue weighted by Crippen LogP contribution is -2.35. The van der Waals surface area contributed by atoms with Crippen molar-refractivity contribution in [3.05, 3.63) is 35.9 Å². The zero-order chi connectivity index (χ0) is 20.3. The largest absolute Gasteiger partial charge is 0.302 e. The Kier molecular flexibility index (Phi) is 15.9. The topological polar surface area (TPSA) is 20.3 Å². The summed E-state index contributed by atoms with van der Waals surface area (Å²) in [6.07, 6.45) is 21.3. The number of nitrogens with zero attached hydrogens (tertiary/aromatic N) is 1. The van der Waals surface area contributed by atoms with Crippen LogP contribution in [0.4, 0.5) is 0 Å². The first-order valence-electron chi connectivity index (χ1n) is 12.0. The van der Waals surface area contributed by atoms with E-state index in [2.05, 4.69) is 31.0 Å². The second-order valence-corrected chi connectivity index (χ2v) is 8.47. The summed E-state index contributed by atoms with van der Waals surface area (Å²) in [7, 11) is 2.09. The Morgan fingerprint density at radius 1 is 0.750 bits per heavy atom. The minimum absolute atomic E-state index is 0.00405. The Morgan fingerprint density at radius 2 is 1.21 bits per heavy atom. The molecule has 0 saturated heterocycles. The molecule has 160 valence electrons. The predicted octanol–water partition coefficient (Wildman–Crippen LogP) is 7.21. The quantitative estimate of drug-likeness (QED) is 0.185. The summed E-state index contributed by atoms with van der Waals surface area (Å²) in [6.45, 7) is 3.31. The van der Waals surface area contributed by atoms with E-state index in [0.29, 0.717) is 0 Å². The van der Waals surface area contributed by atoms with Crippen molar-refractivity contribution in [1.82, 2.24) is 4.90 Å². The predicted molar refractivity (Wildman–Crippen MR) is 123 cm³/mol. The third-order valence-electron chi connectivity index (χ3n) is 5.88. The van der Waals surface area contributed by atoms with Gasteiger partial charge in [0.05, 0.1) is 6.04 Å². The molecule has 2 heteroatoms. The van der Waals surface area contributed by atoms with E-state index in [9.17, 15) is 4.79 Å². The fourth-order valence-electron chi connectivity index (χ4n) is 3.88. The molecule has 28 heavy (non-hydrogen) atoms. The lowest BCUT2D eigenvalue weighted by molar-refractivity contribution is -0.112. The van der Waals surface area contributed by atoms with Gasteiger partial charge in [-0.3, -0.25) is 4.90 Å². The number of benzene rings is 1. The van der Waals surface area contributed by atoms with Gasteiger partial charge in [0.1, 0.15) is 6.29 Å². The molecule has 1 atom stereocenters. The monoisotopic (exact) mass is 387 g/mol. The van der Waals surface area contributed by atoms with Crippen molar-refractivity contribution in [2.24, 2.45) is 0 Å². The van der Waals surface area contributed by atoms with Gasteiger partial charge in [-0.15, -0.1) is 0 Å². The molecule has 1 aromatic carbocycles. The highest BCUT2D eigenvalue weighted by Crippen LogP contribution is 2.13. The Labute approximate surface area is 175 Å². The first kappa shape index (κ1) is 24.9. The van der Waals surface area contributed by atoms with E-state index in [4.69, 9.17) is 0 Å². The summed E-state index contributed by atoms with van der Waals surface area (Å²) < 4.78 is 0. The van der Waals surface area contributed by atoms with Crippen molar-refractivity contribution in [2.75, 3.05) is 13.6 Å². The van der Waals surface area contributed by atoms with Crippen LogP contribution in [0.5, 0.6) is 0 Å². The van der Waals surface area contributed by atoms with Gasteiger partial charge in [-0.2, -0.15) is 0 Å². The van der Waals surface area contributed by atoms with Gasteiger partial charge in [0.25, 0.3) is 0 Å². The minimum Gasteiger partial charge on any atom is -0.302 e. The van der Waals surface area contributed by atoms with Crippen LogP contribution in [0.2, 0.25) is 0 Å². The summed E-state index contributed by atoms with van der Waals surface area (Å²) in [4.78, 5) is 13.7. The smallest absolute Gasteiger partial charge is 0.137 e. The molecule has 0 radical (unpaired) electrons. The third kappa shape index (κ3) is 13.1. The number of hydrogen-bond acceptors (Lipinski definition) is 2. The standard InChI is InChI=1S/C26H45NO/c1-3-4-5-6-7-8-9-10-11-12-13-14-15-19-22-27(2)26(24-28)23-25-20-17-16-18-21-25/h16-18,20-21,24,26H,3-15,19,22-23H2,1-2H3/t26-/m0/s1. The Hall–Kier alpha value is -1.15. The summed E-state index contributed by atoms with van der Waals surface area (Å²) >= 11 is 0. The molecule has 0 unspecified atom stereocenters. The summed E-state index contributed by atoms with van der Waals surface area (Å²) in [5, 5.41) is 0. The molecule has 0 fully saturated rings. The molecule has 1 rings (SSSR count). The average molecular weight is 388 g/mol. The molecule has 0 bridgehead atoms. The van der Waals surface area contributed by atoms with Gasteiger partial charge in [-0.1, -0.05) is 121 Å². The minimum atomic E-state index is 0.00405. The number of carbonyl (C=O) groups is 1. The van der Waals surface area contributed by atoms with Crippen LogP contribution >= 0.6 is 0 Å². The first-order valence-corrected chi connectivity index (χ1v) is 12.0. The highest BCUT2D eigenvalue weighted by atomic mass is 16.1. The molecule has 0 aliphatic heterocycles. The van der Waals surface area contributed by atoms with E-state index >= 15 is 0 Å². The number of likely N-dealkylation sites (N-methyl/N-ethyl adjacent to an activating group) is 1. The summed E-state index contributed by atoms with van der Waals surface area (Å²) in [5.41, 5.74) is 1.24. The molecule has 0 heterocycles. The maximum atomic E-state index is 11.5. The molecule has 0 aliphatic carbocycles. The fraction of sp³-hybridized carbons (Fsp3) is 0.731. The molecular formula is C26H45NO. The van der Waals surface area contributed by atoms with E-state index < -0.39 is 0 Å². The maximum absolute atomic E-state index is 11.5. The molecular weight excluding hydrogens is 342 g/mol. The van der Waals surface area contributed by atoms with Gasteiger partial charge in [-0.05, 0) is 32.0 Å². The molecule has 0 aliphatic rings. The van der Waals surface area contributed by atoms with Crippen LogP contribution in [0, 0.1) is 0 Å². The highest BCUT2D eigenvalue weighted by Gasteiger charge is 2.13. The maximum Gasteiger partial charge on any atom is 0.137 e. The highest BCUT2D eigenvalue weighted by molar-refractivity contribution is 5.58. The van der Waals surface area contributed by atoms with Crippen molar-refractivity contribution in [1.29, 1.82) is 0 Å². The van der Waals surface area contributed by atoms with Crippen LogP contribution in [0.1, 0.15) is 102 Å². The normalized spacial score (nSPS) is 12.4. The number of rotatable bonds is 19. The molecule has 2 nitrogen and oxygen atoms in total. The average Bonchev–Trinajstić information content (AvgIpc) is 2.72. The first-order chi connectivity index (χ1) is 13.8. The van der Waals surface area contributed by atoms with Crippen molar-refractivity contribution < 1.29 is 4.79 Å². The Balaban J connectivity index is 1.92. The van der Waals surface area contributed by atoms with Crippen molar-refractivity contribution in [2.45, 2.75) is 109 Å². The van der Waals surface area contributed by atoms with Gasteiger partial charge < -0.3 is 4.79 Å². The van der Waals surface area contributed by atoms with E-state index in [0.717, 1.165) is 19.3 Å². The number of unbranched alkanes of at least 4 members (excludes halogenated alkanes) is 13. The second kappa shape index (κ2) is 17.9. The number of carbonyl (C=O) groups excluding carboxylic acids is 1. The van der Waals surface area contributed by atoms with Crippen molar-refractivity contribution in [3.8, 4) is 0 Å². The van der Waals surface area contributed by atoms with E-state index in [1.807, 2.05) is 18.2 Å². The molecule has 1 aromatic rings. The SMILES string of the molecule is CCCCCCCCCCCCCCCCN(C)[C@H](C=O)Cc1ccccc1. The molecule has 0 N–H and O–H groups in total. The van der Waals surface area contributed by atoms with Gasteiger partial charge in [0.2, 0.25) is 0 Å². The molecule has 0 spiro atoms. The Morgan fingerprint density at radius 3 is 1.68 bits per heavy atom. The van der Waals surface area contributed by atoms with Crippen LogP contribution in [-0.2, 0) is 11.2 Å². The zero-order valence-electron chi connectivity index (χ0n) is 18.7. The fourth-order valence-corrected chi connectivity index (χ4v) is 3.88. The van der Waals surface area contributed by atoms with Crippen molar-refractivity contribution in [3.63, 3.8) is 0 Å². The van der Waals surface area contributed by atoms with Crippen LogP contribution in [0.3, 0.4) is 0 Å². The lowest BCUT2D eigenvalue weighted by atomic mass is 10.0. The van der Waals surface area contributed by atoms with Crippen molar-refractivity contribution >= 4 is 6.29 Å². The summed E-state index contributed by atoms with van der Waals surface area (Å²) in [6, 6.07) is 10.3. The van der Waals surface area contributed by atoms with Gasteiger partial charge in [0, 0.05) is 0 Å². The summed E-state index contributed by atoms with van der Waals surface area (Å²) in [5.74, 6) is 0. The van der Waals surface area contributed by atoms with E-state index in [-0.39, 0.29) is 6.04 Å². The van der Waals surface area contributed by atoms with Gasteiger partial charge >= 0.3 is 0 Å². The lowest BCUT2D eigenvalue weighted by Gasteiger charge is -2.23. The number of hydrogen-bond donors (Lipinski definition) is 0. The van der Waals surface area contributed by atoms with Crippen LogP contribution in [0.25, 0.3) is 0 Å². The van der Waals surface area contributed by atoms with Crippen LogP contribution in [0.15, 0.2) is 30.3 Å². The van der Waals surface area contributed by atoms with E-state index in [1.165, 1.54) is 95.5 Å². The zero-order valence-corrected chi connectivity index (χ0v) is 18.7. The number of aldehydes is 1. The van der Waals surface area contributed by atoms with E-state index in [1.54, 1.807) is 0 Å². The van der Waals surface area contributed by atoms with Gasteiger partial charge in [0.15, 0.2) is 0 Å².